The molecule has 0 atom stereocenters. The van der Waals surface area contributed by atoms with Gasteiger partial charge in [0.25, 0.3) is 0 Å². The minimum Gasteiger partial charge on any atom is -0.481 e. The molecule has 0 aromatic carbocycles. The maximum absolute atomic E-state index is 10.5. The normalized spacial score (nSPS) is 20.4. The third kappa shape index (κ3) is 3.92. The van der Waals surface area contributed by atoms with Gasteiger partial charge >= 0.3 is 5.97 Å². The van der Waals surface area contributed by atoms with Crippen molar-refractivity contribution in [3.8, 4) is 0 Å². The number of carboxylic acid groups (broad SMARTS) is 1. The largest absolute Gasteiger partial charge is 0.481 e. The van der Waals surface area contributed by atoms with Crippen molar-refractivity contribution in [1.82, 2.24) is 4.90 Å². The fraction of sp³-hybridized carbons (Fsp3) is 0.727. The number of likely N-dealkylation sites (tertiary alicyclic amines) is 1. The molecule has 1 aliphatic rings. The number of hydrogen-bond donors (Lipinski definition) is 1. The number of carboxylic acids is 1. The average Bonchev–Trinajstić information content (AvgIpc) is 2.16. The van der Waals surface area contributed by atoms with Gasteiger partial charge in [-0.2, -0.15) is 0 Å². The second-order valence-corrected chi connectivity index (χ2v) is 3.91. The zero-order valence-electron chi connectivity index (χ0n) is 8.78. The molecule has 1 saturated heterocycles. The van der Waals surface area contributed by atoms with Gasteiger partial charge in [-0.25, -0.2) is 0 Å². The molecule has 1 heterocycles. The van der Waals surface area contributed by atoms with Gasteiger partial charge in [-0.15, -0.1) is 0 Å². The molecule has 0 aromatic heterocycles. The highest BCUT2D eigenvalue weighted by molar-refractivity contribution is 5.67. The van der Waals surface area contributed by atoms with Gasteiger partial charge in [0.2, 0.25) is 0 Å². The lowest BCUT2D eigenvalue weighted by Crippen LogP contribution is -2.34. The Morgan fingerprint density at radius 3 is 2.64 bits per heavy atom. The number of rotatable bonds is 4. The van der Waals surface area contributed by atoms with Crippen LogP contribution in [0.4, 0.5) is 0 Å². The Morgan fingerprint density at radius 2 is 2.14 bits per heavy atom. The van der Waals surface area contributed by atoms with Crippen LogP contribution in [0, 0.1) is 5.92 Å². The molecule has 3 heteroatoms. The lowest BCUT2D eigenvalue weighted by molar-refractivity contribution is -0.138. The Hall–Kier alpha value is -0.830. The minimum absolute atomic E-state index is 0.345. The van der Waals surface area contributed by atoms with Crippen LogP contribution in [0.25, 0.3) is 0 Å². The molecule has 0 bridgehead atoms. The first-order chi connectivity index (χ1) is 6.72. The summed E-state index contributed by atoms with van der Waals surface area (Å²) >= 11 is 0. The van der Waals surface area contributed by atoms with Crippen molar-refractivity contribution in [1.29, 1.82) is 0 Å². The molecule has 1 N–H and O–H groups in total. The number of piperidine rings is 1. The van der Waals surface area contributed by atoms with E-state index < -0.39 is 5.97 Å². The zero-order valence-corrected chi connectivity index (χ0v) is 8.78. The molecule has 3 nitrogen and oxygen atoms in total. The van der Waals surface area contributed by atoms with E-state index in [-0.39, 0.29) is 0 Å². The molecule has 1 fully saturated rings. The molecule has 0 radical (unpaired) electrons. The second-order valence-electron chi connectivity index (χ2n) is 3.91. The van der Waals surface area contributed by atoms with Gasteiger partial charge < -0.3 is 5.11 Å². The van der Waals surface area contributed by atoms with Crippen LogP contribution in [0.2, 0.25) is 0 Å². The Morgan fingerprint density at radius 1 is 1.50 bits per heavy atom. The van der Waals surface area contributed by atoms with Crippen molar-refractivity contribution in [3.05, 3.63) is 12.2 Å². The highest BCUT2D eigenvalue weighted by Crippen LogP contribution is 2.19. The van der Waals surface area contributed by atoms with Crippen LogP contribution in [0.1, 0.15) is 26.2 Å². The number of aliphatic carboxylic acids is 1. The van der Waals surface area contributed by atoms with Crippen LogP contribution >= 0.6 is 0 Å². The quantitative estimate of drug-likeness (QED) is 0.698. The van der Waals surface area contributed by atoms with Crippen molar-refractivity contribution >= 4 is 5.97 Å². The number of allylic oxidation sites excluding steroid dienone is 1. The third-order valence-corrected chi connectivity index (χ3v) is 2.77. The Bertz CT molecular complexity index is 205. The summed E-state index contributed by atoms with van der Waals surface area (Å²) in [4.78, 5) is 12.9. The Labute approximate surface area is 85.4 Å². The maximum atomic E-state index is 10.5. The van der Waals surface area contributed by atoms with E-state index in [0.717, 1.165) is 32.5 Å². The standard InChI is InChI=1S/C11H19NO2/c1-2-3-6-12-7-4-10(5-8-12)9-11(13)14/h2-3,10H,4-9H2,1H3,(H,13,14). The van der Waals surface area contributed by atoms with Crippen LogP contribution < -0.4 is 0 Å². The van der Waals surface area contributed by atoms with Crippen LogP contribution in [0.5, 0.6) is 0 Å². The Kier molecular flexibility index (Phi) is 4.66. The molecule has 0 amide bonds. The van der Waals surface area contributed by atoms with Crippen LogP contribution in [0.15, 0.2) is 12.2 Å². The third-order valence-electron chi connectivity index (χ3n) is 2.77. The van der Waals surface area contributed by atoms with Crippen molar-refractivity contribution in [3.63, 3.8) is 0 Å². The lowest BCUT2D eigenvalue weighted by atomic mass is 9.94. The Balaban J connectivity index is 2.20. The molecule has 1 aliphatic heterocycles. The van der Waals surface area contributed by atoms with Crippen molar-refractivity contribution in [2.45, 2.75) is 26.2 Å². The van der Waals surface area contributed by atoms with Gasteiger partial charge in [-0.05, 0) is 38.8 Å². The lowest BCUT2D eigenvalue weighted by Gasteiger charge is -2.30. The van der Waals surface area contributed by atoms with Crippen LogP contribution in [-0.2, 0) is 4.79 Å². The molecule has 0 aliphatic carbocycles. The average molecular weight is 197 g/mol. The topological polar surface area (TPSA) is 40.5 Å². The summed E-state index contributed by atoms with van der Waals surface area (Å²) in [6.45, 7) is 5.12. The summed E-state index contributed by atoms with van der Waals surface area (Å²) in [5, 5.41) is 8.65. The van der Waals surface area contributed by atoms with E-state index in [0.29, 0.717) is 12.3 Å². The van der Waals surface area contributed by atoms with Gasteiger partial charge in [0.15, 0.2) is 0 Å². The molecular formula is C11H19NO2. The van der Waals surface area contributed by atoms with E-state index in [1.807, 2.05) is 6.92 Å². The van der Waals surface area contributed by atoms with E-state index in [2.05, 4.69) is 17.1 Å². The number of hydrogen-bond acceptors (Lipinski definition) is 2. The summed E-state index contributed by atoms with van der Waals surface area (Å²) in [6, 6.07) is 0. The molecule has 80 valence electrons. The predicted molar refractivity (Wildman–Crippen MR) is 56.2 cm³/mol. The minimum atomic E-state index is -0.656. The number of nitrogens with zero attached hydrogens (tertiary/aromatic N) is 1. The van der Waals surface area contributed by atoms with E-state index in [1.54, 1.807) is 0 Å². The van der Waals surface area contributed by atoms with Crippen LogP contribution in [-0.4, -0.2) is 35.6 Å². The number of carbonyl (C=O) groups is 1. The first kappa shape index (κ1) is 11.2. The summed E-state index contributed by atoms with van der Waals surface area (Å²) in [5.41, 5.74) is 0. The van der Waals surface area contributed by atoms with Gasteiger partial charge in [0.05, 0.1) is 0 Å². The summed E-state index contributed by atoms with van der Waals surface area (Å²) in [5.74, 6) is -0.258. The summed E-state index contributed by atoms with van der Waals surface area (Å²) in [6.07, 6.45) is 6.62. The van der Waals surface area contributed by atoms with Crippen LogP contribution in [0.3, 0.4) is 0 Å². The molecule has 1 rings (SSSR count). The first-order valence-electron chi connectivity index (χ1n) is 5.27. The zero-order chi connectivity index (χ0) is 10.4. The second kappa shape index (κ2) is 5.81. The molecule has 0 spiro atoms. The summed E-state index contributed by atoms with van der Waals surface area (Å²) < 4.78 is 0. The van der Waals surface area contributed by atoms with E-state index in [4.69, 9.17) is 5.11 Å². The molecule has 0 unspecified atom stereocenters. The molecule has 0 saturated carbocycles. The monoisotopic (exact) mass is 197 g/mol. The summed E-state index contributed by atoms with van der Waals surface area (Å²) in [7, 11) is 0. The highest BCUT2D eigenvalue weighted by Gasteiger charge is 2.20. The van der Waals surface area contributed by atoms with Gasteiger partial charge in [-0.3, -0.25) is 9.69 Å². The van der Waals surface area contributed by atoms with Gasteiger partial charge in [0, 0.05) is 13.0 Å². The van der Waals surface area contributed by atoms with Gasteiger partial charge in [0.1, 0.15) is 0 Å². The fourth-order valence-electron chi connectivity index (χ4n) is 1.87. The molecule has 14 heavy (non-hydrogen) atoms. The van der Waals surface area contributed by atoms with Crippen molar-refractivity contribution < 1.29 is 9.90 Å². The maximum Gasteiger partial charge on any atom is 0.303 e. The SMILES string of the molecule is CC=CCN1CCC(CC(=O)O)CC1. The van der Waals surface area contributed by atoms with Crippen molar-refractivity contribution in [2.75, 3.05) is 19.6 Å². The van der Waals surface area contributed by atoms with Gasteiger partial charge in [-0.1, -0.05) is 12.2 Å². The highest BCUT2D eigenvalue weighted by atomic mass is 16.4. The fourth-order valence-corrected chi connectivity index (χ4v) is 1.87. The van der Waals surface area contributed by atoms with E-state index in [1.165, 1.54) is 0 Å². The predicted octanol–water partition coefficient (Wildman–Crippen LogP) is 1.75. The molecule has 0 aromatic rings. The van der Waals surface area contributed by atoms with E-state index in [9.17, 15) is 4.79 Å². The molecular weight excluding hydrogens is 178 g/mol. The first-order valence-corrected chi connectivity index (χ1v) is 5.27. The van der Waals surface area contributed by atoms with Crippen molar-refractivity contribution in [2.24, 2.45) is 5.92 Å². The smallest absolute Gasteiger partial charge is 0.303 e. The van der Waals surface area contributed by atoms with E-state index >= 15 is 0 Å².